The maximum Gasteiger partial charge on any atom is 0.256 e. The van der Waals surface area contributed by atoms with E-state index in [9.17, 15) is 9.59 Å². The number of nitrogens with one attached hydrogen (secondary N) is 1. The summed E-state index contributed by atoms with van der Waals surface area (Å²) in [7, 11) is 1.57. The maximum absolute atomic E-state index is 12.9. The van der Waals surface area contributed by atoms with E-state index in [1.165, 1.54) is 12.8 Å². The zero-order valence-electron chi connectivity index (χ0n) is 15.8. The summed E-state index contributed by atoms with van der Waals surface area (Å²) < 4.78 is 10.9. The average Bonchev–Trinajstić information content (AvgIpc) is 3.34. The third-order valence-corrected chi connectivity index (χ3v) is 5.84. The van der Waals surface area contributed by atoms with Gasteiger partial charge in [-0.3, -0.25) is 9.59 Å². The summed E-state index contributed by atoms with van der Waals surface area (Å²) >= 11 is 0. The van der Waals surface area contributed by atoms with E-state index in [-0.39, 0.29) is 24.5 Å². The molecule has 0 spiro atoms. The molecule has 0 bridgehead atoms. The molecule has 2 amide bonds. The van der Waals surface area contributed by atoms with Crippen molar-refractivity contribution < 1.29 is 19.1 Å². The SMILES string of the molecule is COc1nc2c(cc1CNC(=O)C1CCCCO1)C(=O)N(C1CCCC1)C2. The van der Waals surface area contributed by atoms with E-state index < -0.39 is 0 Å². The Morgan fingerprint density at radius 3 is 2.78 bits per heavy atom. The summed E-state index contributed by atoms with van der Waals surface area (Å²) in [5, 5.41) is 2.91. The van der Waals surface area contributed by atoms with Gasteiger partial charge >= 0.3 is 0 Å². The van der Waals surface area contributed by atoms with E-state index in [1.54, 1.807) is 7.11 Å². The Morgan fingerprint density at radius 2 is 2.07 bits per heavy atom. The molecule has 0 radical (unpaired) electrons. The molecular weight excluding hydrogens is 346 g/mol. The summed E-state index contributed by atoms with van der Waals surface area (Å²) in [6, 6.07) is 2.16. The Morgan fingerprint density at radius 1 is 1.30 bits per heavy atom. The molecule has 1 N–H and O–H groups in total. The van der Waals surface area contributed by atoms with Gasteiger partial charge in [-0.1, -0.05) is 12.8 Å². The van der Waals surface area contributed by atoms with Crippen molar-refractivity contribution in [1.29, 1.82) is 0 Å². The molecule has 1 aromatic rings. The standard InChI is InChI=1S/C20H27N3O4/c1-26-19-13(11-21-18(24)17-8-4-5-9-27-17)10-15-16(22-19)12-23(20(15)25)14-6-2-3-7-14/h10,14,17H,2-9,11-12H2,1H3,(H,21,24). The Bertz CT molecular complexity index is 724. The van der Waals surface area contributed by atoms with Gasteiger partial charge in [0.1, 0.15) is 6.10 Å². The lowest BCUT2D eigenvalue weighted by molar-refractivity contribution is -0.135. The zero-order chi connectivity index (χ0) is 18.8. The first kappa shape index (κ1) is 18.2. The first-order chi connectivity index (χ1) is 13.2. The van der Waals surface area contributed by atoms with Gasteiger partial charge in [0.15, 0.2) is 0 Å². The molecule has 27 heavy (non-hydrogen) atoms. The van der Waals surface area contributed by atoms with Crippen LogP contribution in [0.4, 0.5) is 0 Å². The third-order valence-electron chi connectivity index (χ3n) is 5.84. The average molecular weight is 373 g/mol. The van der Waals surface area contributed by atoms with Gasteiger partial charge in [-0.25, -0.2) is 4.98 Å². The van der Waals surface area contributed by atoms with Gasteiger partial charge in [0.25, 0.3) is 5.91 Å². The molecular formula is C20H27N3O4. The fourth-order valence-electron chi connectivity index (χ4n) is 4.33. The zero-order valence-corrected chi connectivity index (χ0v) is 15.8. The molecule has 1 aromatic heterocycles. The van der Waals surface area contributed by atoms with Crippen molar-refractivity contribution in [2.24, 2.45) is 0 Å². The molecule has 0 aromatic carbocycles. The van der Waals surface area contributed by atoms with Gasteiger partial charge in [-0.15, -0.1) is 0 Å². The van der Waals surface area contributed by atoms with E-state index >= 15 is 0 Å². The number of hydrogen-bond acceptors (Lipinski definition) is 5. The largest absolute Gasteiger partial charge is 0.481 e. The lowest BCUT2D eigenvalue weighted by atomic mass is 10.1. The fourth-order valence-corrected chi connectivity index (χ4v) is 4.33. The first-order valence-electron chi connectivity index (χ1n) is 9.94. The highest BCUT2D eigenvalue weighted by Gasteiger charge is 2.36. The van der Waals surface area contributed by atoms with Crippen LogP contribution in [-0.2, 0) is 22.6 Å². The summed E-state index contributed by atoms with van der Waals surface area (Å²) in [5.74, 6) is 0.408. The van der Waals surface area contributed by atoms with E-state index in [4.69, 9.17) is 9.47 Å². The monoisotopic (exact) mass is 373 g/mol. The van der Waals surface area contributed by atoms with Crippen LogP contribution in [0.5, 0.6) is 5.88 Å². The summed E-state index contributed by atoms with van der Waals surface area (Å²) in [4.78, 5) is 31.7. The molecule has 1 unspecified atom stereocenters. The van der Waals surface area contributed by atoms with Crippen molar-refractivity contribution in [1.82, 2.24) is 15.2 Å². The number of nitrogens with zero attached hydrogens (tertiary/aromatic N) is 2. The number of ether oxygens (including phenoxy) is 2. The maximum atomic E-state index is 12.9. The van der Waals surface area contributed by atoms with Crippen LogP contribution in [-0.4, -0.2) is 47.6 Å². The second-order valence-electron chi connectivity index (χ2n) is 7.60. The van der Waals surface area contributed by atoms with Crippen LogP contribution in [0.25, 0.3) is 0 Å². The number of aromatic nitrogens is 1. The highest BCUT2D eigenvalue weighted by Crippen LogP contribution is 2.33. The number of methoxy groups -OCH3 is 1. The predicted octanol–water partition coefficient (Wildman–Crippen LogP) is 2.17. The number of pyridine rings is 1. The minimum Gasteiger partial charge on any atom is -0.481 e. The van der Waals surface area contributed by atoms with Crippen LogP contribution in [0, 0.1) is 0 Å². The van der Waals surface area contributed by atoms with Gasteiger partial charge in [0.2, 0.25) is 11.8 Å². The lowest BCUT2D eigenvalue weighted by Crippen LogP contribution is -2.38. The number of carbonyl (C=O) groups excluding carboxylic acids is 2. The van der Waals surface area contributed by atoms with Crippen molar-refractivity contribution in [3.05, 3.63) is 22.9 Å². The second kappa shape index (κ2) is 7.84. The Kier molecular flexibility index (Phi) is 5.29. The van der Waals surface area contributed by atoms with Gasteiger partial charge in [-0.2, -0.15) is 0 Å². The number of hydrogen-bond donors (Lipinski definition) is 1. The van der Waals surface area contributed by atoms with Gasteiger partial charge in [-0.05, 0) is 38.2 Å². The van der Waals surface area contributed by atoms with Crippen LogP contribution in [0.15, 0.2) is 6.07 Å². The molecule has 7 nitrogen and oxygen atoms in total. The number of amides is 2. The fraction of sp³-hybridized carbons (Fsp3) is 0.650. The first-order valence-corrected chi connectivity index (χ1v) is 9.94. The Hall–Kier alpha value is -2.15. The summed E-state index contributed by atoms with van der Waals surface area (Å²) in [6.45, 7) is 1.46. The third kappa shape index (κ3) is 3.65. The molecule has 2 aliphatic heterocycles. The van der Waals surface area contributed by atoms with E-state index in [0.717, 1.165) is 43.4 Å². The summed E-state index contributed by atoms with van der Waals surface area (Å²) in [5.41, 5.74) is 2.14. The molecule has 1 saturated carbocycles. The van der Waals surface area contributed by atoms with Crippen molar-refractivity contribution in [3.8, 4) is 5.88 Å². The number of carbonyl (C=O) groups is 2. The highest BCUT2D eigenvalue weighted by atomic mass is 16.5. The van der Waals surface area contributed by atoms with Gasteiger partial charge in [0.05, 0.1) is 24.9 Å². The van der Waals surface area contributed by atoms with Crippen LogP contribution in [0.2, 0.25) is 0 Å². The number of fused-ring (bicyclic) bond motifs is 1. The molecule has 7 heteroatoms. The molecule has 1 saturated heterocycles. The van der Waals surface area contributed by atoms with Crippen molar-refractivity contribution >= 4 is 11.8 Å². The van der Waals surface area contributed by atoms with Crippen molar-refractivity contribution in [2.45, 2.75) is 70.2 Å². The smallest absolute Gasteiger partial charge is 0.256 e. The van der Waals surface area contributed by atoms with Crippen molar-refractivity contribution in [3.63, 3.8) is 0 Å². The second-order valence-corrected chi connectivity index (χ2v) is 7.60. The molecule has 4 rings (SSSR count). The van der Waals surface area contributed by atoms with Crippen LogP contribution in [0.3, 0.4) is 0 Å². The van der Waals surface area contributed by atoms with Gasteiger partial charge < -0.3 is 19.7 Å². The van der Waals surface area contributed by atoms with Crippen LogP contribution >= 0.6 is 0 Å². The minimum atomic E-state index is -0.383. The predicted molar refractivity (Wildman–Crippen MR) is 98.4 cm³/mol. The summed E-state index contributed by atoms with van der Waals surface area (Å²) in [6.07, 6.45) is 6.89. The minimum absolute atomic E-state index is 0.0512. The van der Waals surface area contributed by atoms with Gasteiger partial charge in [0, 0.05) is 24.8 Å². The van der Waals surface area contributed by atoms with E-state index in [0.29, 0.717) is 30.6 Å². The Labute approximate surface area is 159 Å². The van der Waals surface area contributed by atoms with E-state index in [2.05, 4.69) is 10.3 Å². The number of rotatable bonds is 5. The van der Waals surface area contributed by atoms with Crippen LogP contribution in [0.1, 0.15) is 66.6 Å². The molecule has 2 fully saturated rings. The molecule has 146 valence electrons. The van der Waals surface area contributed by atoms with Crippen LogP contribution < -0.4 is 10.1 Å². The molecule has 1 atom stereocenters. The normalized spacial score (nSPS) is 22.8. The lowest BCUT2D eigenvalue weighted by Gasteiger charge is -2.22. The van der Waals surface area contributed by atoms with E-state index in [1.807, 2.05) is 11.0 Å². The Balaban J connectivity index is 1.47. The molecule has 3 heterocycles. The highest BCUT2D eigenvalue weighted by molar-refractivity contribution is 5.98. The topological polar surface area (TPSA) is 80.8 Å². The molecule has 3 aliphatic rings. The molecule has 1 aliphatic carbocycles. The van der Waals surface area contributed by atoms with Crippen molar-refractivity contribution in [2.75, 3.05) is 13.7 Å². The quantitative estimate of drug-likeness (QED) is 0.856.